The molecule has 1 aliphatic carbocycles. The van der Waals surface area contributed by atoms with Crippen LogP contribution in [-0.2, 0) is 9.53 Å². The van der Waals surface area contributed by atoms with Crippen LogP contribution in [0, 0.1) is 5.92 Å². The molecule has 0 amide bonds. The number of ketones is 1. The van der Waals surface area contributed by atoms with Crippen molar-refractivity contribution in [2.24, 2.45) is 5.92 Å². The molecule has 1 fully saturated rings. The van der Waals surface area contributed by atoms with Crippen LogP contribution in [0.2, 0.25) is 0 Å². The van der Waals surface area contributed by atoms with E-state index >= 15 is 0 Å². The highest BCUT2D eigenvalue weighted by molar-refractivity contribution is 5.91. The van der Waals surface area contributed by atoms with E-state index in [2.05, 4.69) is 0 Å². The molecule has 19 heavy (non-hydrogen) atoms. The lowest BCUT2D eigenvalue weighted by Gasteiger charge is -2.40. The Balaban J connectivity index is 2.03. The van der Waals surface area contributed by atoms with E-state index in [1.165, 1.54) is 0 Å². The number of carbonyl (C=O) groups is 1. The maximum atomic E-state index is 12.5. The zero-order chi connectivity index (χ0) is 13.5. The second kappa shape index (κ2) is 4.33. The number of benzene rings is 1. The van der Waals surface area contributed by atoms with Gasteiger partial charge in [-0.25, -0.2) is 0 Å². The van der Waals surface area contributed by atoms with Gasteiger partial charge in [-0.1, -0.05) is 42.5 Å². The molecule has 0 radical (unpaired) electrons. The standard InChI is InChI=1S/C15H14O4/c16-14-11-8-4-5-9-12(11)19-15(17,18)13(14)10-6-2-1-3-7-10/h1-7,9,11,13,17-18H,8H2. The summed E-state index contributed by atoms with van der Waals surface area (Å²) >= 11 is 0. The van der Waals surface area contributed by atoms with E-state index in [1.807, 2.05) is 12.1 Å². The number of allylic oxidation sites excluding steroid dienone is 4. The highest BCUT2D eigenvalue weighted by atomic mass is 16.8. The fourth-order valence-corrected chi connectivity index (χ4v) is 2.62. The first-order chi connectivity index (χ1) is 9.09. The molecular formula is C15H14O4. The highest BCUT2D eigenvalue weighted by Crippen LogP contribution is 2.42. The van der Waals surface area contributed by atoms with E-state index < -0.39 is 17.8 Å². The van der Waals surface area contributed by atoms with Crippen molar-refractivity contribution in [2.75, 3.05) is 0 Å². The Bertz CT molecular complexity index is 557. The quantitative estimate of drug-likeness (QED) is 0.748. The molecule has 98 valence electrons. The molecule has 4 heteroatoms. The number of rotatable bonds is 1. The second-order valence-corrected chi connectivity index (χ2v) is 4.79. The van der Waals surface area contributed by atoms with Gasteiger partial charge in [0.15, 0.2) is 5.78 Å². The number of carbonyl (C=O) groups excluding carboxylic acids is 1. The Hall–Kier alpha value is -1.91. The topological polar surface area (TPSA) is 66.8 Å². The van der Waals surface area contributed by atoms with Gasteiger partial charge >= 0.3 is 5.97 Å². The van der Waals surface area contributed by atoms with Crippen LogP contribution in [0.25, 0.3) is 0 Å². The third kappa shape index (κ3) is 1.99. The average Bonchev–Trinajstić information content (AvgIpc) is 2.39. The summed E-state index contributed by atoms with van der Waals surface area (Å²) in [6.07, 6.45) is 5.76. The first-order valence-electron chi connectivity index (χ1n) is 6.19. The van der Waals surface area contributed by atoms with Gasteiger partial charge in [-0.15, -0.1) is 0 Å². The molecule has 1 saturated heterocycles. The van der Waals surface area contributed by atoms with Crippen LogP contribution in [0.15, 0.2) is 54.3 Å². The number of fused-ring (bicyclic) bond motifs is 1. The minimum absolute atomic E-state index is 0.224. The minimum Gasteiger partial charge on any atom is -0.442 e. The Kier molecular flexibility index (Phi) is 2.77. The first kappa shape index (κ1) is 12.1. The predicted octanol–water partition coefficient (Wildman–Crippen LogP) is 1.47. The predicted molar refractivity (Wildman–Crippen MR) is 67.8 cm³/mol. The van der Waals surface area contributed by atoms with E-state index in [0.29, 0.717) is 17.7 Å². The molecule has 0 aromatic heterocycles. The average molecular weight is 258 g/mol. The Morgan fingerprint density at radius 3 is 2.68 bits per heavy atom. The van der Waals surface area contributed by atoms with Crippen LogP contribution >= 0.6 is 0 Å². The summed E-state index contributed by atoms with van der Waals surface area (Å²) in [5.74, 6) is -3.90. The molecule has 2 N–H and O–H groups in total. The number of hydrogen-bond acceptors (Lipinski definition) is 4. The van der Waals surface area contributed by atoms with Gasteiger partial charge in [-0.05, 0) is 18.1 Å². The SMILES string of the molecule is O=C1C2CC=CC=C2OC(O)(O)C1c1ccccc1. The molecule has 1 heterocycles. The van der Waals surface area contributed by atoms with Crippen molar-refractivity contribution in [3.8, 4) is 0 Å². The van der Waals surface area contributed by atoms with Crippen LogP contribution in [0.4, 0.5) is 0 Å². The van der Waals surface area contributed by atoms with Gasteiger partial charge in [0.25, 0.3) is 0 Å². The Morgan fingerprint density at radius 2 is 1.95 bits per heavy atom. The van der Waals surface area contributed by atoms with E-state index in [1.54, 1.807) is 36.4 Å². The summed E-state index contributed by atoms with van der Waals surface area (Å²) in [6, 6.07) is 8.71. The van der Waals surface area contributed by atoms with Gasteiger partial charge in [0.1, 0.15) is 11.7 Å². The van der Waals surface area contributed by atoms with Crippen LogP contribution in [0.1, 0.15) is 17.9 Å². The smallest absolute Gasteiger partial charge is 0.336 e. The highest BCUT2D eigenvalue weighted by Gasteiger charge is 2.52. The number of aliphatic hydroxyl groups is 2. The van der Waals surface area contributed by atoms with E-state index in [9.17, 15) is 15.0 Å². The monoisotopic (exact) mass is 258 g/mol. The molecule has 4 nitrogen and oxygen atoms in total. The zero-order valence-corrected chi connectivity index (χ0v) is 10.2. The van der Waals surface area contributed by atoms with Crippen molar-refractivity contribution >= 4 is 5.78 Å². The summed E-state index contributed by atoms with van der Waals surface area (Å²) in [7, 11) is 0. The van der Waals surface area contributed by atoms with Crippen molar-refractivity contribution in [2.45, 2.75) is 18.3 Å². The fraction of sp³-hybridized carbons (Fsp3) is 0.267. The van der Waals surface area contributed by atoms with Gasteiger partial charge in [0.05, 0.1) is 5.92 Å². The lowest BCUT2D eigenvalue weighted by molar-refractivity contribution is -0.338. The first-order valence-corrected chi connectivity index (χ1v) is 6.19. The van der Waals surface area contributed by atoms with Crippen LogP contribution in [-0.4, -0.2) is 22.0 Å². The van der Waals surface area contributed by atoms with Gasteiger partial charge in [0, 0.05) is 0 Å². The molecule has 0 spiro atoms. The van der Waals surface area contributed by atoms with Gasteiger partial charge in [-0.3, -0.25) is 4.79 Å². The van der Waals surface area contributed by atoms with E-state index in [-0.39, 0.29) is 5.78 Å². The van der Waals surface area contributed by atoms with Gasteiger partial charge < -0.3 is 14.9 Å². The summed E-state index contributed by atoms with van der Waals surface area (Å²) in [5, 5.41) is 20.1. The van der Waals surface area contributed by atoms with Crippen LogP contribution < -0.4 is 0 Å². The van der Waals surface area contributed by atoms with Crippen molar-refractivity contribution in [3.05, 3.63) is 59.9 Å². The lowest BCUT2D eigenvalue weighted by Crippen LogP contribution is -2.50. The minimum atomic E-state index is -2.49. The van der Waals surface area contributed by atoms with E-state index in [4.69, 9.17) is 4.74 Å². The molecular weight excluding hydrogens is 244 g/mol. The third-order valence-corrected chi connectivity index (χ3v) is 3.52. The number of ether oxygens (including phenoxy) is 1. The molecule has 1 aliphatic heterocycles. The molecule has 0 bridgehead atoms. The van der Waals surface area contributed by atoms with Crippen LogP contribution in [0.5, 0.6) is 0 Å². The number of hydrogen-bond donors (Lipinski definition) is 2. The Labute approximate surface area is 110 Å². The zero-order valence-electron chi connectivity index (χ0n) is 10.2. The van der Waals surface area contributed by atoms with Gasteiger partial charge in [0.2, 0.25) is 0 Å². The van der Waals surface area contributed by atoms with E-state index in [0.717, 1.165) is 0 Å². The van der Waals surface area contributed by atoms with Crippen molar-refractivity contribution in [1.29, 1.82) is 0 Å². The summed E-state index contributed by atoms with van der Waals surface area (Å²) in [5.41, 5.74) is 0.547. The largest absolute Gasteiger partial charge is 0.442 e. The molecule has 2 unspecified atom stereocenters. The van der Waals surface area contributed by atoms with Crippen molar-refractivity contribution in [1.82, 2.24) is 0 Å². The summed E-state index contributed by atoms with van der Waals surface area (Å²) in [4.78, 5) is 12.5. The third-order valence-electron chi connectivity index (χ3n) is 3.52. The Morgan fingerprint density at radius 1 is 1.21 bits per heavy atom. The molecule has 1 aromatic rings. The maximum Gasteiger partial charge on any atom is 0.336 e. The lowest BCUT2D eigenvalue weighted by atomic mass is 9.79. The van der Waals surface area contributed by atoms with Crippen LogP contribution in [0.3, 0.4) is 0 Å². The fourth-order valence-electron chi connectivity index (χ4n) is 2.62. The van der Waals surface area contributed by atoms with Crippen molar-refractivity contribution < 1.29 is 19.7 Å². The second-order valence-electron chi connectivity index (χ2n) is 4.79. The normalized spacial score (nSPS) is 28.3. The molecule has 0 saturated carbocycles. The summed E-state index contributed by atoms with van der Waals surface area (Å²) < 4.78 is 5.22. The molecule has 2 atom stereocenters. The maximum absolute atomic E-state index is 12.5. The van der Waals surface area contributed by atoms with Crippen molar-refractivity contribution in [3.63, 3.8) is 0 Å². The molecule has 3 rings (SSSR count). The van der Waals surface area contributed by atoms with Gasteiger partial charge in [-0.2, -0.15) is 0 Å². The number of Topliss-reactive ketones (excluding diaryl/α,β-unsaturated/α-hetero) is 1. The summed E-state index contributed by atoms with van der Waals surface area (Å²) in [6.45, 7) is 0. The molecule has 1 aromatic carbocycles. The molecule has 2 aliphatic rings.